The first kappa shape index (κ1) is 15.2. The molecule has 0 spiro atoms. The Kier molecular flexibility index (Phi) is 4.43. The fraction of sp³-hybridized carbons (Fsp3) is 0.231. The molecule has 1 amide bonds. The number of hydrogen-bond donors (Lipinski definition) is 1. The number of amides is 1. The number of benzene rings is 1. The highest BCUT2D eigenvalue weighted by atomic mass is 16.6. The normalized spacial score (nSPS) is 11.3. The van der Waals surface area contributed by atoms with Crippen molar-refractivity contribution >= 4 is 17.4 Å². The molecule has 1 aromatic rings. The predicted molar refractivity (Wildman–Crippen MR) is 71.7 cm³/mol. The Morgan fingerprint density at radius 2 is 2.05 bits per heavy atom. The minimum absolute atomic E-state index is 0.151. The number of rotatable bonds is 3. The van der Waals surface area contributed by atoms with Crippen LogP contribution in [0.15, 0.2) is 23.8 Å². The third kappa shape index (κ3) is 2.75. The van der Waals surface area contributed by atoms with Gasteiger partial charge in [-0.2, -0.15) is 5.26 Å². The summed E-state index contributed by atoms with van der Waals surface area (Å²) >= 11 is 0. The average molecular weight is 275 g/mol. The van der Waals surface area contributed by atoms with Gasteiger partial charge in [-0.3, -0.25) is 14.9 Å². The molecule has 0 aliphatic heterocycles. The number of nitriles is 1. The van der Waals surface area contributed by atoms with Crippen LogP contribution in [0.2, 0.25) is 0 Å². The highest BCUT2D eigenvalue weighted by molar-refractivity contribution is 6.03. The molecule has 0 saturated heterocycles. The van der Waals surface area contributed by atoms with Gasteiger partial charge in [0.25, 0.3) is 11.6 Å². The molecule has 0 bridgehead atoms. The maximum Gasteiger partial charge on any atom is 0.283 e. The molecule has 0 aliphatic rings. The summed E-state index contributed by atoms with van der Waals surface area (Å²) in [6, 6.07) is 5.89. The van der Waals surface area contributed by atoms with Crippen molar-refractivity contribution in [3.05, 3.63) is 45.0 Å². The van der Waals surface area contributed by atoms with Crippen LogP contribution >= 0.6 is 0 Å². The summed E-state index contributed by atoms with van der Waals surface area (Å²) in [5.41, 5.74) is -0.691. The fourth-order valence-electron chi connectivity index (χ4n) is 1.65. The summed E-state index contributed by atoms with van der Waals surface area (Å²) in [6.45, 7) is 1.51. The smallest absolute Gasteiger partial charge is 0.283 e. The van der Waals surface area contributed by atoms with Gasteiger partial charge in [-0.05, 0) is 13.0 Å². The van der Waals surface area contributed by atoms with Gasteiger partial charge in [0.1, 0.15) is 6.07 Å². The van der Waals surface area contributed by atoms with E-state index in [1.54, 1.807) is 6.07 Å². The summed E-state index contributed by atoms with van der Waals surface area (Å²) < 4.78 is 0. The monoisotopic (exact) mass is 275 g/mol. The molecule has 7 nitrogen and oxygen atoms in total. The molecule has 1 aromatic carbocycles. The van der Waals surface area contributed by atoms with Crippen LogP contribution in [0.5, 0.6) is 0 Å². The molecule has 0 saturated carbocycles. The maximum atomic E-state index is 11.8. The van der Waals surface area contributed by atoms with E-state index in [1.807, 2.05) is 0 Å². The van der Waals surface area contributed by atoms with Crippen LogP contribution in [-0.2, 0) is 4.79 Å². The first-order chi connectivity index (χ1) is 9.31. The number of carbonyl (C=O) groups is 1. The molecule has 7 heteroatoms. The lowest BCUT2D eigenvalue weighted by molar-refractivity contribution is -0.385. The molecule has 1 N–H and O–H groups in total. The molecule has 0 aromatic heterocycles. The number of aryl methyl sites for hydroxylation is 1. The second kappa shape index (κ2) is 5.84. The van der Waals surface area contributed by atoms with Crippen LogP contribution in [0.25, 0.3) is 5.76 Å². The van der Waals surface area contributed by atoms with Crippen LogP contribution in [-0.4, -0.2) is 34.9 Å². The molecule has 0 heterocycles. The van der Waals surface area contributed by atoms with Crippen molar-refractivity contribution < 1.29 is 14.8 Å². The Morgan fingerprint density at radius 3 is 2.50 bits per heavy atom. The fourth-order valence-corrected chi connectivity index (χ4v) is 1.65. The van der Waals surface area contributed by atoms with E-state index in [-0.39, 0.29) is 11.3 Å². The lowest BCUT2D eigenvalue weighted by Crippen LogP contribution is -2.24. The third-order valence-electron chi connectivity index (χ3n) is 2.64. The molecule has 0 radical (unpaired) electrons. The van der Waals surface area contributed by atoms with Gasteiger partial charge < -0.3 is 10.0 Å². The van der Waals surface area contributed by atoms with E-state index in [9.17, 15) is 20.0 Å². The van der Waals surface area contributed by atoms with E-state index in [4.69, 9.17) is 5.26 Å². The molecule has 0 atom stereocenters. The van der Waals surface area contributed by atoms with Gasteiger partial charge in [0.05, 0.1) is 10.5 Å². The zero-order valence-electron chi connectivity index (χ0n) is 11.2. The number of nitro groups is 1. The summed E-state index contributed by atoms with van der Waals surface area (Å²) in [7, 11) is 2.83. The van der Waals surface area contributed by atoms with Crippen molar-refractivity contribution in [2.75, 3.05) is 14.1 Å². The van der Waals surface area contributed by atoms with Gasteiger partial charge in [0, 0.05) is 19.7 Å². The van der Waals surface area contributed by atoms with Crippen LogP contribution in [0.1, 0.15) is 11.1 Å². The highest BCUT2D eigenvalue weighted by Gasteiger charge is 2.25. The Balaban J connectivity index is 3.59. The molecular formula is C13H13N3O4. The van der Waals surface area contributed by atoms with E-state index in [1.165, 1.54) is 39.2 Å². The largest absolute Gasteiger partial charge is 0.505 e. The molecule has 104 valence electrons. The van der Waals surface area contributed by atoms with Crippen molar-refractivity contribution in [1.82, 2.24) is 4.90 Å². The SMILES string of the molecule is Cc1cccc(/C(O)=C(\C#N)C(=O)N(C)C)c1[N+](=O)[O-]. The summed E-state index contributed by atoms with van der Waals surface area (Å²) in [4.78, 5) is 23.3. The van der Waals surface area contributed by atoms with E-state index >= 15 is 0 Å². The average Bonchev–Trinajstić information content (AvgIpc) is 2.38. The Hall–Kier alpha value is -2.88. The standard InChI is InChI=1S/C13H13N3O4/c1-8-5-4-6-9(11(8)16(19)20)12(17)10(7-14)13(18)15(2)3/h4-6,17H,1-3H3/b12-10-. The summed E-state index contributed by atoms with van der Waals surface area (Å²) in [5, 5.41) is 30.1. The van der Waals surface area contributed by atoms with Gasteiger partial charge in [-0.25, -0.2) is 0 Å². The molecule has 20 heavy (non-hydrogen) atoms. The first-order valence-corrected chi connectivity index (χ1v) is 5.60. The number of aliphatic hydroxyl groups is 1. The van der Waals surface area contributed by atoms with Gasteiger partial charge in [0.2, 0.25) is 0 Å². The highest BCUT2D eigenvalue weighted by Crippen LogP contribution is 2.29. The lowest BCUT2D eigenvalue weighted by atomic mass is 10.0. The van der Waals surface area contributed by atoms with Crippen molar-refractivity contribution in [2.45, 2.75) is 6.92 Å². The molecule has 0 unspecified atom stereocenters. The van der Waals surface area contributed by atoms with E-state index < -0.39 is 22.2 Å². The van der Waals surface area contributed by atoms with Crippen LogP contribution in [0.3, 0.4) is 0 Å². The van der Waals surface area contributed by atoms with Gasteiger partial charge in [-0.15, -0.1) is 0 Å². The predicted octanol–water partition coefficient (Wildman–Crippen LogP) is 1.78. The minimum Gasteiger partial charge on any atom is -0.505 e. The Bertz CT molecular complexity index is 642. The van der Waals surface area contributed by atoms with E-state index in [0.29, 0.717) is 5.56 Å². The Labute approximate surface area is 115 Å². The number of nitrogens with zero attached hydrogens (tertiary/aromatic N) is 3. The zero-order valence-corrected chi connectivity index (χ0v) is 11.2. The lowest BCUT2D eigenvalue weighted by Gasteiger charge is -2.11. The van der Waals surface area contributed by atoms with Gasteiger partial charge >= 0.3 is 0 Å². The van der Waals surface area contributed by atoms with Crippen molar-refractivity contribution in [1.29, 1.82) is 5.26 Å². The number of likely N-dealkylation sites (N-methyl/N-ethyl adjacent to an activating group) is 1. The summed E-state index contributed by atoms with van der Waals surface area (Å²) in [5.74, 6) is -1.41. The van der Waals surface area contributed by atoms with Crippen molar-refractivity contribution in [3.8, 4) is 6.07 Å². The Morgan fingerprint density at radius 1 is 1.45 bits per heavy atom. The molecular weight excluding hydrogens is 262 g/mol. The van der Waals surface area contributed by atoms with Crippen LogP contribution in [0.4, 0.5) is 5.69 Å². The quantitative estimate of drug-likeness (QED) is 0.297. The maximum absolute atomic E-state index is 11.8. The van der Waals surface area contributed by atoms with Crippen LogP contribution < -0.4 is 0 Å². The number of carbonyl (C=O) groups excluding carboxylic acids is 1. The zero-order chi connectivity index (χ0) is 15.4. The first-order valence-electron chi connectivity index (χ1n) is 5.60. The molecule has 0 aliphatic carbocycles. The number of para-hydroxylation sites is 1. The van der Waals surface area contributed by atoms with E-state index in [0.717, 1.165) is 4.90 Å². The number of nitro benzene ring substituents is 1. The molecule has 0 fully saturated rings. The third-order valence-corrected chi connectivity index (χ3v) is 2.64. The van der Waals surface area contributed by atoms with Crippen LogP contribution in [0, 0.1) is 28.4 Å². The van der Waals surface area contributed by atoms with Gasteiger partial charge in [-0.1, -0.05) is 12.1 Å². The van der Waals surface area contributed by atoms with E-state index in [2.05, 4.69) is 0 Å². The molecule has 1 rings (SSSR count). The second-order valence-electron chi connectivity index (χ2n) is 4.26. The second-order valence-corrected chi connectivity index (χ2v) is 4.26. The number of hydrogen-bond acceptors (Lipinski definition) is 5. The topological polar surface area (TPSA) is 107 Å². The number of aliphatic hydroxyl groups excluding tert-OH is 1. The minimum atomic E-state index is -0.721. The van der Waals surface area contributed by atoms with Crippen molar-refractivity contribution in [2.24, 2.45) is 0 Å². The van der Waals surface area contributed by atoms with Gasteiger partial charge in [0.15, 0.2) is 11.3 Å². The summed E-state index contributed by atoms with van der Waals surface area (Å²) in [6.07, 6.45) is 0. The van der Waals surface area contributed by atoms with Crippen molar-refractivity contribution in [3.63, 3.8) is 0 Å².